The molecule has 2 rings (SSSR count). The summed E-state index contributed by atoms with van der Waals surface area (Å²) < 4.78 is 0. The second-order valence-corrected chi connectivity index (χ2v) is 7.42. The van der Waals surface area contributed by atoms with Gasteiger partial charge in [-0.15, -0.1) is 11.6 Å². The Balaban J connectivity index is 2.08. The Morgan fingerprint density at radius 3 is 2.63 bits per heavy atom. The van der Waals surface area contributed by atoms with Crippen molar-refractivity contribution in [1.29, 1.82) is 0 Å². The second kappa shape index (κ2) is 10.6. The topological polar surface area (TPSA) is 68.5 Å². The van der Waals surface area contributed by atoms with E-state index >= 15 is 0 Å². The predicted molar refractivity (Wildman–Crippen MR) is 111 cm³/mol. The third-order valence-electron chi connectivity index (χ3n) is 5.06. The van der Waals surface area contributed by atoms with Gasteiger partial charge in [-0.25, -0.2) is 4.99 Å². The molecule has 0 aromatic heterocycles. The summed E-state index contributed by atoms with van der Waals surface area (Å²) in [5.74, 6) is 0.943. The highest BCUT2D eigenvalue weighted by atomic mass is 35.5. The van der Waals surface area contributed by atoms with Crippen LogP contribution in [0.25, 0.3) is 0 Å². The Morgan fingerprint density at radius 2 is 2.04 bits per heavy atom. The summed E-state index contributed by atoms with van der Waals surface area (Å²) >= 11 is 6.52. The van der Waals surface area contributed by atoms with Gasteiger partial charge in [0, 0.05) is 56.6 Å². The molecule has 0 spiro atoms. The molecule has 7 heteroatoms. The van der Waals surface area contributed by atoms with E-state index in [1.165, 1.54) is 5.57 Å². The number of rotatable bonds is 7. The SMILES string of the molecule is CC/C(C)=C\N=C(/CC)C1C=C(N2CCN(C(=O)CCO)CC2)N=CC1Cl. The number of alkyl halides is 1. The number of carbonyl (C=O) groups is 1. The molecule has 2 aliphatic rings. The van der Waals surface area contributed by atoms with Crippen molar-refractivity contribution in [2.24, 2.45) is 15.9 Å². The van der Waals surface area contributed by atoms with Crippen LogP contribution in [0, 0.1) is 5.92 Å². The summed E-state index contributed by atoms with van der Waals surface area (Å²) in [7, 11) is 0. The smallest absolute Gasteiger partial charge is 0.225 e. The Kier molecular flexibility index (Phi) is 8.51. The van der Waals surface area contributed by atoms with Crippen LogP contribution in [0.1, 0.15) is 40.0 Å². The van der Waals surface area contributed by atoms with Gasteiger partial charge < -0.3 is 14.9 Å². The quantitative estimate of drug-likeness (QED) is 0.533. The number of hydrogen-bond acceptors (Lipinski definition) is 5. The van der Waals surface area contributed by atoms with Crippen molar-refractivity contribution in [1.82, 2.24) is 9.80 Å². The maximum absolute atomic E-state index is 11.9. The minimum absolute atomic E-state index is 0.00968. The van der Waals surface area contributed by atoms with E-state index in [2.05, 4.69) is 36.7 Å². The molecule has 2 atom stereocenters. The highest BCUT2D eigenvalue weighted by molar-refractivity contribution is 6.30. The summed E-state index contributed by atoms with van der Waals surface area (Å²) in [4.78, 5) is 25.1. The number of aliphatic imine (C=N–C) groups is 2. The first kappa shape index (κ1) is 21.6. The number of aliphatic hydroxyl groups excluding tert-OH is 1. The number of allylic oxidation sites excluding steroid dienone is 2. The largest absolute Gasteiger partial charge is 0.396 e. The molecule has 0 aromatic carbocycles. The molecule has 0 bridgehead atoms. The second-order valence-electron chi connectivity index (χ2n) is 6.92. The van der Waals surface area contributed by atoms with E-state index in [9.17, 15) is 4.79 Å². The number of amides is 1. The van der Waals surface area contributed by atoms with E-state index in [1.54, 1.807) is 11.1 Å². The van der Waals surface area contributed by atoms with Crippen molar-refractivity contribution in [2.45, 2.75) is 45.4 Å². The summed E-state index contributed by atoms with van der Waals surface area (Å²) in [6, 6.07) is 0. The molecule has 150 valence electrons. The average Bonchev–Trinajstić information content (AvgIpc) is 2.69. The molecule has 1 fully saturated rings. The summed E-state index contributed by atoms with van der Waals surface area (Å²) in [5, 5.41) is 8.73. The lowest BCUT2D eigenvalue weighted by atomic mass is 9.95. The Bertz CT molecular complexity index is 634. The molecule has 1 amide bonds. The van der Waals surface area contributed by atoms with Crippen molar-refractivity contribution in [3.05, 3.63) is 23.7 Å². The molecule has 0 aromatic rings. The van der Waals surface area contributed by atoms with E-state index in [1.807, 2.05) is 6.20 Å². The molecular formula is C20H31ClN4O2. The fourth-order valence-electron chi connectivity index (χ4n) is 3.14. The fourth-order valence-corrected chi connectivity index (χ4v) is 3.41. The maximum atomic E-state index is 11.9. The van der Waals surface area contributed by atoms with Gasteiger partial charge in [0.25, 0.3) is 0 Å². The van der Waals surface area contributed by atoms with Crippen LogP contribution < -0.4 is 0 Å². The molecule has 1 N–H and O–H groups in total. The number of hydrogen-bond donors (Lipinski definition) is 1. The van der Waals surface area contributed by atoms with Crippen LogP contribution in [0.15, 0.2) is 33.7 Å². The van der Waals surface area contributed by atoms with Crippen LogP contribution in [0.4, 0.5) is 0 Å². The van der Waals surface area contributed by atoms with Crippen LogP contribution in [0.5, 0.6) is 0 Å². The zero-order valence-electron chi connectivity index (χ0n) is 16.6. The van der Waals surface area contributed by atoms with Gasteiger partial charge in [0.2, 0.25) is 5.91 Å². The zero-order chi connectivity index (χ0) is 19.8. The van der Waals surface area contributed by atoms with E-state index < -0.39 is 0 Å². The molecular weight excluding hydrogens is 364 g/mol. The minimum Gasteiger partial charge on any atom is -0.396 e. The molecule has 1 saturated heterocycles. The molecule has 2 unspecified atom stereocenters. The normalized spacial score (nSPS) is 24.3. The van der Waals surface area contributed by atoms with E-state index in [-0.39, 0.29) is 30.2 Å². The highest BCUT2D eigenvalue weighted by Gasteiger charge is 2.28. The number of carbonyl (C=O) groups excluding carboxylic acids is 1. The van der Waals surface area contributed by atoms with Crippen molar-refractivity contribution >= 4 is 29.4 Å². The van der Waals surface area contributed by atoms with E-state index in [0.717, 1.165) is 37.5 Å². The lowest BCUT2D eigenvalue weighted by Gasteiger charge is -2.37. The summed E-state index contributed by atoms with van der Waals surface area (Å²) in [6.45, 7) is 8.95. The number of piperazine rings is 1. The predicted octanol–water partition coefficient (Wildman–Crippen LogP) is 2.83. The summed E-state index contributed by atoms with van der Waals surface area (Å²) in [6.07, 6.45) is 7.86. The molecule has 0 radical (unpaired) electrons. The lowest BCUT2D eigenvalue weighted by molar-refractivity contribution is -0.133. The number of aliphatic hydroxyl groups is 1. The van der Waals surface area contributed by atoms with Crippen molar-refractivity contribution in [3.63, 3.8) is 0 Å². The Hall–Kier alpha value is -1.66. The lowest BCUT2D eigenvalue weighted by Crippen LogP contribution is -2.48. The average molecular weight is 395 g/mol. The van der Waals surface area contributed by atoms with E-state index in [4.69, 9.17) is 21.7 Å². The zero-order valence-corrected chi connectivity index (χ0v) is 17.3. The minimum atomic E-state index is -0.199. The number of nitrogens with zero attached hydrogens (tertiary/aromatic N) is 4. The van der Waals surface area contributed by atoms with Gasteiger partial charge in [-0.05, 0) is 25.8 Å². The van der Waals surface area contributed by atoms with E-state index in [0.29, 0.717) is 13.1 Å². The molecule has 0 saturated carbocycles. The van der Waals surface area contributed by atoms with Gasteiger partial charge in [-0.3, -0.25) is 9.79 Å². The van der Waals surface area contributed by atoms with Gasteiger partial charge in [-0.2, -0.15) is 0 Å². The summed E-state index contributed by atoms with van der Waals surface area (Å²) in [5.41, 5.74) is 2.30. The van der Waals surface area contributed by atoms with Crippen molar-refractivity contribution in [3.8, 4) is 0 Å². The molecule has 2 aliphatic heterocycles. The van der Waals surface area contributed by atoms with Crippen LogP contribution in [-0.4, -0.2) is 70.9 Å². The molecule has 27 heavy (non-hydrogen) atoms. The third kappa shape index (κ3) is 5.91. The Morgan fingerprint density at radius 1 is 1.33 bits per heavy atom. The van der Waals surface area contributed by atoms with Crippen LogP contribution >= 0.6 is 11.6 Å². The monoisotopic (exact) mass is 394 g/mol. The van der Waals surface area contributed by atoms with Crippen LogP contribution in [0.3, 0.4) is 0 Å². The highest BCUT2D eigenvalue weighted by Crippen LogP contribution is 2.25. The van der Waals surface area contributed by atoms with Crippen molar-refractivity contribution in [2.75, 3.05) is 32.8 Å². The standard InChI is InChI=1S/C20H31ClN4O2/c1-4-15(3)13-22-18(5-2)16-12-19(23-14-17(16)21)24-7-9-25(10-8-24)20(27)6-11-26/h12-14,16-17,26H,4-11H2,1-3H3/b15-13-,22-18+. The van der Waals surface area contributed by atoms with Gasteiger partial charge in [0.15, 0.2) is 0 Å². The van der Waals surface area contributed by atoms with Crippen molar-refractivity contribution < 1.29 is 9.90 Å². The fraction of sp³-hybridized carbons (Fsp3) is 0.650. The first-order valence-corrected chi connectivity index (χ1v) is 10.2. The Labute approximate surface area is 167 Å². The van der Waals surface area contributed by atoms with Gasteiger partial charge in [0.1, 0.15) is 5.82 Å². The van der Waals surface area contributed by atoms with Gasteiger partial charge in [0.05, 0.1) is 12.0 Å². The molecule has 6 nitrogen and oxygen atoms in total. The first-order valence-electron chi connectivity index (χ1n) is 9.76. The third-order valence-corrected chi connectivity index (χ3v) is 5.44. The van der Waals surface area contributed by atoms with Gasteiger partial charge in [-0.1, -0.05) is 19.4 Å². The maximum Gasteiger partial charge on any atom is 0.225 e. The van der Waals surface area contributed by atoms with Crippen LogP contribution in [-0.2, 0) is 4.79 Å². The van der Waals surface area contributed by atoms with Gasteiger partial charge >= 0.3 is 0 Å². The number of halogens is 1. The molecule has 0 aliphatic carbocycles. The molecule has 2 heterocycles. The van der Waals surface area contributed by atoms with Crippen LogP contribution in [0.2, 0.25) is 0 Å². The first-order chi connectivity index (χ1) is 13.0.